The maximum Gasteiger partial charge on any atom is 0.240 e. The van der Waals surface area contributed by atoms with Crippen LogP contribution in [0.25, 0.3) is 0 Å². The average Bonchev–Trinajstić information content (AvgIpc) is 2.59. The molecule has 0 saturated carbocycles. The van der Waals surface area contributed by atoms with E-state index >= 15 is 0 Å². The number of halogens is 1. The molecule has 2 aromatic rings. The molecule has 1 atom stereocenters. The van der Waals surface area contributed by atoms with Crippen LogP contribution in [0.5, 0.6) is 11.5 Å². The fraction of sp³-hybridized carbons (Fsp3) is 0.250. The van der Waals surface area contributed by atoms with Crippen molar-refractivity contribution in [3.05, 3.63) is 54.1 Å². The Morgan fingerprint density at radius 2 is 1.58 bits per heavy atom. The Kier molecular flexibility index (Phi) is 7.50. The minimum absolute atomic E-state index is 0. The van der Waals surface area contributed by atoms with Crippen molar-refractivity contribution in [3.63, 3.8) is 0 Å². The van der Waals surface area contributed by atoms with E-state index in [1.165, 1.54) is 26.4 Å². The Bertz CT molecular complexity index is 732. The molecule has 1 unspecified atom stereocenters. The molecule has 2 aromatic carbocycles. The number of nitrogens with two attached hydrogens (primary N) is 1. The molecule has 0 aliphatic heterocycles. The summed E-state index contributed by atoms with van der Waals surface area (Å²) in [7, 11) is -0.794. The van der Waals surface area contributed by atoms with Gasteiger partial charge in [-0.05, 0) is 5.56 Å². The topological polar surface area (TPSA) is 90.6 Å². The van der Waals surface area contributed by atoms with Crippen LogP contribution in [0.15, 0.2) is 53.4 Å². The van der Waals surface area contributed by atoms with Crippen molar-refractivity contribution in [2.75, 3.05) is 20.8 Å². The van der Waals surface area contributed by atoms with E-state index in [1.807, 2.05) is 30.3 Å². The van der Waals surface area contributed by atoms with E-state index < -0.39 is 16.1 Å². The third kappa shape index (κ3) is 5.10. The van der Waals surface area contributed by atoms with Crippen molar-refractivity contribution >= 4 is 22.4 Å². The molecular formula is C16H21ClN2O4S. The number of rotatable bonds is 7. The van der Waals surface area contributed by atoms with Gasteiger partial charge in [0.2, 0.25) is 10.0 Å². The van der Waals surface area contributed by atoms with Crippen LogP contribution >= 0.6 is 12.4 Å². The molecule has 24 heavy (non-hydrogen) atoms. The predicted molar refractivity (Wildman–Crippen MR) is 95.4 cm³/mol. The number of sulfonamides is 1. The Balaban J connectivity index is 0.00000288. The molecule has 6 nitrogen and oxygen atoms in total. The quantitative estimate of drug-likeness (QED) is 0.776. The standard InChI is InChI=1S/C16H20N2O4S.ClH/c1-21-13-8-14(22-2)10-15(9-13)23(19,20)18-11-16(17)12-6-4-3-5-7-12;/h3-10,16,18H,11,17H2,1-2H3;1H. The normalized spacial score (nSPS) is 12.1. The highest BCUT2D eigenvalue weighted by atomic mass is 35.5. The van der Waals surface area contributed by atoms with Crippen LogP contribution in [0.3, 0.4) is 0 Å². The molecule has 3 N–H and O–H groups in total. The maximum atomic E-state index is 12.4. The SMILES string of the molecule is COc1cc(OC)cc(S(=O)(=O)NCC(N)c2ccccc2)c1.Cl. The number of hydrogen-bond acceptors (Lipinski definition) is 5. The lowest BCUT2D eigenvalue weighted by Crippen LogP contribution is -2.32. The summed E-state index contributed by atoms with van der Waals surface area (Å²) >= 11 is 0. The van der Waals surface area contributed by atoms with Gasteiger partial charge in [0.25, 0.3) is 0 Å². The van der Waals surface area contributed by atoms with Gasteiger partial charge in [0, 0.05) is 30.8 Å². The number of hydrogen-bond donors (Lipinski definition) is 2. The van der Waals surface area contributed by atoms with E-state index in [9.17, 15) is 8.42 Å². The molecule has 0 heterocycles. The third-order valence-electron chi connectivity index (χ3n) is 3.36. The van der Waals surface area contributed by atoms with Crippen LogP contribution < -0.4 is 19.9 Å². The predicted octanol–water partition coefficient (Wildman–Crippen LogP) is 2.10. The minimum Gasteiger partial charge on any atom is -0.497 e. The number of nitrogens with one attached hydrogen (secondary N) is 1. The summed E-state index contributed by atoms with van der Waals surface area (Å²) in [5, 5.41) is 0. The highest BCUT2D eigenvalue weighted by Gasteiger charge is 2.18. The van der Waals surface area contributed by atoms with E-state index in [-0.39, 0.29) is 23.8 Å². The van der Waals surface area contributed by atoms with Crippen LogP contribution in [0.4, 0.5) is 0 Å². The minimum atomic E-state index is -3.72. The summed E-state index contributed by atoms with van der Waals surface area (Å²) in [6, 6.07) is 13.3. The average molecular weight is 373 g/mol. The highest BCUT2D eigenvalue weighted by Crippen LogP contribution is 2.25. The second-order valence-corrected chi connectivity index (χ2v) is 6.68. The lowest BCUT2D eigenvalue weighted by molar-refractivity contribution is 0.392. The summed E-state index contributed by atoms with van der Waals surface area (Å²) in [5.41, 5.74) is 6.88. The molecular weight excluding hydrogens is 352 g/mol. The Morgan fingerprint density at radius 1 is 1.04 bits per heavy atom. The molecule has 0 aliphatic rings. The van der Waals surface area contributed by atoms with Crippen molar-refractivity contribution in [1.82, 2.24) is 4.72 Å². The molecule has 0 aliphatic carbocycles. The van der Waals surface area contributed by atoms with Gasteiger partial charge in [0.15, 0.2) is 0 Å². The van der Waals surface area contributed by atoms with Crippen LogP contribution in [0.1, 0.15) is 11.6 Å². The number of ether oxygens (including phenoxy) is 2. The number of benzene rings is 2. The summed E-state index contributed by atoms with van der Waals surface area (Å²) in [6.07, 6.45) is 0. The molecule has 0 amide bonds. The van der Waals surface area contributed by atoms with Gasteiger partial charge in [0.1, 0.15) is 11.5 Å². The Labute approximate surface area is 148 Å². The maximum absolute atomic E-state index is 12.4. The van der Waals surface area contributed by atoms with Crippen molar-refractivity contribution in [2.45, 2.75) is 10.9 Å². The van der Waals surface area contributed by atoms with Gasteiger partial charge in [-0.15, -0.1) is 12.4 Å². The Hall–Kier alpha value is -1.80. The van der Waals surface area contributed by atoms with Gasteiger partial charge >= 0.3 is 0 Å². The molecule has 0 bridgehead atoms. The molecule has 0 radical (unpaired) electrons. The second-order valence-electron chi connectivity index (χ2n) is 4.92. The van der Waals surface area contributed by atoms with Crippen molar-refractivity contribution in [1.29, 1.82) is 0 Å². The lowest BCUT2D eigenvalue weighted by Gasteiger charge is -2.14. The summed E-state index contributed by atoms with van der Waals surface area (Å²) < 4.78 is 37.5. The fourth-order valence-electron chi connectivity index (χ4n) is 2.04. The van der Waals surface area contributed by atoms with E-state index in [0.29, 0.717) is 11.5 Å². The van der Waals surface area contributed by atoms with Crippen molar-refractivity contribution in [2.24, 2.45) is 5.73 Å². The zero-order chi connectivity index (χ0) is 16.9. The van der Waals surface area contributed by atoms with Gasteiger partial charge in [-0.25, -0.2) is 13.1 Å². The van der Waals surface area contributed by atoms with Crippen molar-refractivity contribution < 1.29 is 17.9 Å². The van der Waals surface area contributed by atoms with Gasteiger partial charge in [-0.3, -0.25) is 0 Å². The molecule has 0 aromatic heterocycles. The van der Waals surface area contributed by atoms with Crippen LogP contribution in [0.2, 0.25) is 0 Å². The first-order chi connectivity index (χ1) is 11.0. The Morgan fingerprint density at radius 3 is 2.08 bits per heavy atom. The van der Waals surface area contributed by atoms with Gasteiger partial charge < -0.3 is 15.2 Å². The zero-order valence-corrected chi connectivity index (χ0v) is 15.1. The van der Waals surface area contributed by atoms with Crippen molar-refractivity contribution in [3.8, 4) is 11.5 Å². The van der Waals surface area contributed by atoms with E-state index in [4.69, 9.17) is 15.2 Å². The van der Waals surface area contributed by atoms with Crippen LogP contribution in [0, 0.1) is 0 Å². The summed E-state index contributed by atoms with van der Waals surface area (Å²) in [5.74, 6) is 0.800. The first-order valence-corrected chi connectivity index (χ1v) is 8.48. The fourth-order valence-corrected chi connectivity index (χ4v) is 3.15. The van der Waals surface area contributed by atoms with E-state index in [2.05, 4.69) is 4.72 Å². The summed E-state index contributed by atoms with van der Waals surface area (Å²) in [4.78, 5) is 0.0639. The lowest BCUT2D eigenvalue weighted by atomic mass is 10.1. The van der Waals surface area contributed by atoms with Gasteiger partial charge in [0.05, 0.1) is 19.1 Å². The van der Waals surface area contributed by atoms with Gasteiger partial charge in [-0.2, -0.15) is 0 Å². The molecule has 0 saturated heterocycles. The summed E-state index contributed by atoms with van der Waals surface area (Å²) in [6.45, 7) is 0.0892. The first kappa shape index (κ1) is 20.2. The zero-order valence-electron chi connectivity index (χ0n) is 13.4. The second kappa shape index (κ2) is 8.89. The van der Waals surface area contributed by atoms with Gasteiger partial charge in [-0.1, -0.05) is 30.3 Å². The van der Waals surface area contributed by atoms with E-state index in [0.717, 1.165) is 5.56 Å². The monoisotopic (exact) mass is 372 g/mol. The molecule has 8 heteroatoms. The van der Waals surface area contributed by atoms with Crippen LogP contribution in [-0.4, -0.2) is 29.2 Å². The number of methoxy groups -OCH3 is 2. The van der Waals surface area contributed by atoms with Crippen LogP contribution in [-0.2, 0) is 10.0 Å². The molecule has 0 spiro atoms. The highest BCUT2D eigenvalue weighted by molar-refractivity contribution is 7.89. The molecule has 2 rings (SSSR count). The first-order valence-electron chi connectivity index (χ1n) is 6.99. The smallest absolute Gasteiger partial charge is 0.240 e. The largest absolute Gasteiger partial charge is 0.497 e. The third-order valence-corrected chi connectivity index (χ3v) is 4.76. The van der Waals surface area contributed by atoms with E-state index in [1.54, 1.807) is 6.07 Å². The molecule has 132 valence electrons. The molecule has 0 fully saturated rings.